The maximum absolute atomic E-state index is 12.3. The summed E-state index contributed by atoms with van der Waals surface area (Å²) in [5.41, 5.74) is 4.99. The topological polar surface area (TPSA) is 137 Å². The highest BCUT2D eigenvalue weighted by molar-refractivity contribution is 6.08. The minimum atomic E-state index is -1.33. The minimum Gasteiger partial charge on any atom is -0.480 e. The van der Waals surface area contributed by atoms with Gasteiger partial charge in [0.15, 0.2) is 0 Å². The van der Waals surface area contributed by atoms with Crippen LogP contribution in [-0.2, 0) is 15.1 Å². The number of hydrogen-bond acceptors (Lipinski definition) is 4. The number of benzene rings is 1. The first-order valence-corrected chi connectivity index (χ1v) is 6.06. The molecule has 1 saturated heterocycles. The lowest BCUT2D eigenvalue weighted by atomic mass is 9.91. The number of nitrogens with zero attached hydrogens (tertiary/aromatic N) is 1. The van der Waals surface area contributed by atoms with E-state index in [0.717, 1.165) is 0 Å². The fraction of sp³-hybridized carbons (Fsp3) is 0.231. The van der Waals surface area contributed by atoms with Crippen molar-refractivity contribution < 1.29 is 19.5 Å². The number of carbonyl (C=O) groups excluding carboxylic acids is 2. The molecule has 1 heterocycles. The molecule has 5 N–H and O–H groups in total. The highest BCUT2D eigenvalue weighted by Crippen LogP contribution is 2.28. The molecule has 118 valence electrons. The predicted molar refractivity (Wildman–Crippen MR) is 79.9 cm³/mol. The number of rotatable bonds is 4. The lowest BCUT2D eigenvalue weighted by molar-refractivity contribution is -0.142. The summed E-state index contributed by atoms with van der Waals surface area (Å²) in [6.45, 7) is 0.809. The van der Waals surface area contributed by atoms with Crippen LogP contribution >= 0.6 is 12.4 Å². The van der Waals surface area contributed by atoms with E-state index in [-0.39, 0.29) is 18.2 Å². The number of aliphatic carboxylic acids is 1. The van der Waals surface area contributed by atoms with Crippen molar-refractivity contribution in [3.63, 3.8) is 0 Å². The Bertz CT molecular complexity index is 646. The molecular formula is C13H15ClN4O4. The zero-order valence-electron chi connectivity index (χ0n) is 11.6. The van der Waals surface area contributed by atoms with Crippen molar-refractivity contribution in [2.24, 2.45) is 5.73 Å². The molecule has 1 aromatic carbocycles. The second kappa shape index (κ2) is 6.02. The van der Waals surface area contributed by atoms with Gasteiger partial charge in [-0.2, -0.15) is 0 Å². The maximum atomic E-state index is 12.3. The third-order valence-corrected chi connectivity index (χ3v) is 3.34. The quantitative estimate of drug-likeness (QED) is 0.357. The highest BCUT2D eigenvalue weighted by Gasteiger charge is 2.49. The summed E-state index contributed by atoms with van der Waals surface area (Å²) < 4.78 is 0. The molecule has 0 saturated carbocycles. The minimum absolute atomic E-state index is 0. The summed E-state index contributed by atoms with van der Waals surface area (Å²) in [6, 6.07) is 5.50. The molecule has 2 rings (SSSR count). The molecule has 3 amide bonds. The monoisotopic (exact) mass is 326 g/mol. The molecular weight excluding hydrogens is 312 g/mol. The number of nitrogens with one attached hydrogen (secondary N) is 2. The first-order valence-electron chi connectivity index (χ1n) is 6.06. The molecule has 1 fully saturated rings. The van der Waals surface area contributed by atoms with Crippen LogP contribution in [0.2, 0.25) is 0 Å². The standard InChI is InChI=1S/C13H14N4O4.ClH/c1-13(8-4-2-7(3-5-8)10(14)15)11(20)17(6-9(18)19)12(21)16-13;/h2-5H,6H2,1H3,(H3,14,15)(H,16,21)(H,18,19);1H. The van der Waals surface area contributed by atoms with Gasteiger partial charge in [-0.25, -0.2) is 4.79 Å². The van der Waals surface area contributed by atoms with Gasteiger partial charge in [-0.15, -0.1) is 12.4 Å². The van der Waals surface area contributed by atoms with E-state index in [1.807, 2.05) is 0 Å². The van der Waals surface area contributed by atoms with Crippen LogP contribution in [-0.4, -0.2) is 40.3 Å². The number of hydrogen-bond donors (Lipinski definition) is 4. The van der Waals surface area contributed by atoms with E-state index in [0.29, 0.717) is 16.0 Å². The van der Waals surface area contributed by atoms with E-state index in [4.69, 9.17) is 16.2 Å². The van der Waals surface area contributed by atoms with E-state index in [2.05, 4.69) is 5.32 Å². The summed E-state index contributed by atoms with van der Waals surface area (Å²) >= 11 is 0. The summed E-state index contributed by atoms with van der Waals surface area (Å²) in [4.78, 5) is 35.4. The molecule has 1 aromatic rings. The molecule has 0 aromatic heterocycles. The van der Waals surface area contributed by atoms with Crippen molar-refractivity contribution in [1.29, 1.82) is 5.41 Å². The first kappa shape index (κ1) is 17.4. The molecule has 0 radical (unpaired) electrons. The molecule has 22 heavy (non-hydrogen) atoms. The van der Waals surface area contributed by atoms with Crippen LogP contribution in [0.1, 0.15) is 18.1 Å². The molecule has 1 atom stereocenters. The van der Waals surface area contributed by atoms with Crippen molar-refractivity contribution in [2.75, 3.05) is 6.54 Å². The smallest absolute Gasteiger partial charge is 0.325 e. The Morgan fingerprint density at radius 3 is 2.36 bits per heavy atom. The van der Waals surface area contributed by atoms with Gasteiger partial charge in [0.1, 0.15) is 17.9 Å². The molecule has 1 aliphatic heterocycles. The van der Waals surface area contributed by atoms with Crippen LogP contribution in [0, 0.1) is 5.41 Å². The number of amidine groups is 1. The van der Waals surface area contributed by atoms with E-state index < -0.39 is 30.0 Å². The number of nitrogens with two attached hydrogens (primary N) is 1. The average Bonchev–Trinajstić information content (AvgIpc) is 2.63. The van der Waals surface area contributed by atoms with Gasteiger partial charge in [-0.1, -0.05) is 24.3 Å². The summed E-state index contributed by atoms with van der Waals surface area (Å²) in [5.74, 6) is -2.01. The van der Waals surface area contributed by atoms with Crippen molar-refractivity contribution in [2.45, 2.75) is 12.5 Å². The Morgan fingerprint density at radius 1 is 1.36 bits per heavy atom. The summed E-state index contributed by atoms with van der Waals surface area (Å²) in [7, 11) is 0. The van der Waals surface area contributed by atoms with Gasteiger partial charge in [0.05, 0.1) is 0 Å². The molecule has 9 heteroatoms. The fourth-order valence-corrected chi connectivity index (χ4v) is 2.15. The van der Waals surface area contributed by atoms with Crippen LogP contribution in [0.5, 0.6) is 0 Å². The zero-order chi connectivity index (χ0) is 15.8. The van der Waals surface area contributed by atoms with Gasteiger partial charge in [0.2, 0.25) is 0 Å². The number of carboxylic acids is 1. The Hall–Kier alpha value is -2.61. The van der Waals surface area contributed by atoms with Gasteiger partial charge in [0, 0.05) is 5.56 Å². The highest BCUT2D eigenvalue weighted by atomic mass is 35.5. The van der Waals surface area contributed by atoms with Crippen molar-refractivity contribution in [1.82, 2.24) is 10.2 Å². The second-order valence-corrected chi connectivity index (χ2v) is 4.83. The van der Waals surface area contributed by atoms with E-state index >= 15 is 0 Å². The van der Waals surface area contributed by atoms with Gasteiger partial charge >= 0.3 is 12.0 Å². The number of imide groups is 1. The van der Waals surface area contributed by atoms with Crippen LogP contribution in [0.25, 0.3) is 0 Å². The van der Waals surface area contributed by atoms with E-state index in [1.165, 1.54) is 6.92 Å². The van der Waals surface area contributed by atoms with E-state index in [1.54, 1.807) is 24.3 Å². The summed E-state index contributed by atoms with van der Waals surface area (Å²) in [6.07, 6.45) is 0. The lowest BCUT2D eigenvalue weighted by Crippen LogP contribution is -2.41. The second-order valence-electron chi connectivity index (χ2n) is 4.83. The van der Waals surface area contributed by atoms with Gasteiger partial charge < -0.3 is 16.2 Å². The molecule has 1 unspecified atom stereocenters. The maximum Gasteiger partial charge on any atom is 0.325 e. The first-order chi connectivity index (χ1) is 9.75. The van der Waals surface area contributed by atoms with Gasteiger partial charge in [-0.05, 0) is 12.5 Å². The van der Waals surface area contributed by atoms with Crippen LogP contribution in [0.15, 0.2) is 24.3 Å². The predicted octanol–water partition coefficient (Wildman–Crippen LogP) is 0.244. The van der Waals surface area contributed by atoms with Crippen molar-refractivity contribution in [3.8, 4) is 0 Å². The third-order valence-electron chi connectivity index (χ3n) is 3.34. The Balaban J connectivity index is 0.00000242. The Labute approximate surface area is 132 Å². The molecule has 1 aliphatic rings. The number of halogens is 1. The van der Waals surface area contributed by atoms with Crippen LogP contribution in [0.3, 0.4) is 0 Å². The Kier molecular flexibility index (Phi) is 4.77. The van der Waals surface area contributed by atoms with Crippen molar-refractivity contribution in [3.05, 3.63) is 35.4 Å². The number of urea groups is 1. The molecule has 8 nitrogen and oxygen atoms in total. The van der Waals surface area contributed by atoms with Crippen LogP contribution in [0.4, 0.5) is 4.79 Å². The summed E-state index contributed by atoms with van der Waals surface area (Å²) in [5, 5.41) is 18.5. The fourth-order valence-electron chi connectivity index (χ4n) is 2.15. The van der Waals surface area contributed by atoms with Gasteiger partial charge in [0.25, 0.3) is 5.91 Å². The van der Waals surface area contributed by atoms with E-state index in [9.17, 15) is 14.4 Å². The molecule has 0 spiro atoms. The third kappa shape index (κ3) is 2.86. The molecule has 0 bridgehead atoms. The lowest BCUT2D eigenvalue weighted by Gasteiger charge is -2.22. The normalized spacial score (nSPS) is 20.3. The number of carbonyl (C=O) groups is 3. The number of amides is 3. The number of nitrogen functional groups attached to an aromatic ring is 1. The number of carboxylic acid groups (broad SMARTS) is 1. The van der Waals surface area contributed by atoms with Crippen LogP contribution < -0.4 is 11.1 Å². The molecule has 0 aliphatic carbocycles. The SMILES string of the molecule is CC1(c2ccc(C(=N)N)cc2)NC(=O)N(CC(=O)O)C1=O.Cl. The average molecular weight is 327 g/mol. The van der Waals surface area contributed by atoms with Crippen molar-refractivity contribution >= 4 is 36.2 Å². The Morgan fingerprint density at radius 2 is 1.91 bits per heavy atom. The zero-order valence-corrected chi connectivity index (χ0v) is 12.4. The largest absolute Gasteiger partial charge is 0.480 e. The van der Waals surface area contributed by atoms with Gasteiger partial charge in [-0.3, -0.25) is 19.9 Å².